The van der Waals surface area contributed by atoms with Gasteiger partial charge in [0.15, 0.2) is 0 Å². The van der Waals surface area contributed by atoms with Crippen molar-refractivity contribution in [2.45, 2.75) is 78.1 Å². The Morgan fingerprint density at radius 3 is 1.46 bits per heavy atom. The van der Waals surface area contributed by atoms with E-state index in [0.717, 1.165) is 50.4 Å². The van der Waals surface area contributed by atoms with Gasteiger partial charge in [-0.2, -0.15) is 0 Å². The molecule has 0 saturated heterocycles. The average molecular weight is 653 g/mol. The number of benzene rings is 7. The normalized spacial score (nSPS) is 12.3. The van der Waals surface area contributed by atoms with Crippen molar-refractivity contribution < 1.29 is 4.74 Å². The molecule has 0 spiro atoms. The number of hydrogen-bond acceptors (Lipinski definition) is 3. The third-order valence-corrected chi connectivity index (χ3v) is 11.1. The Kier molecular flexibility index (Phi) is 8.07. The van der Waals surface area contributed by atoms with Crippen LogP contribution in [0.1, 0.15) is 76.7 Å². The van der Waals surface area contributed by atoms with Crippen LogP contribution in [0.2, 0.25) is 0 Å². The smallest absolute Gasteiger partial charge is 0.137 e. The number of nitrogens with zero attached hydrogens (tertiary/aromatic N) is 2. The molecule has 0 bridgehead atoms. The highest BCUT2D eigenvalue weighted by molar-refractivity contribution is 6.44. The molecule has 248 valence electrons. The Bertz CT molecular complexity index is 2690. The molecule has 0 aliphatic heterocycles. The summed E-state index contributed by atoms with van der Waals surface area (Å²) in [6.45, 7) is 5.25. The maximum atomic E-state index is 7.03. The van der Waals surface area contributed by atoms with Crippen molar-refractivity contribution in [2.75, 3.05) is 6.61 Å². The molecule has 0 N–H and O–H groups in total. The van der Waals surface area contributed by atoms with Gasteiger partial charge in [0, 0.05) is 43.1 Å². The second-order valence-electron chi connectivity index (χ2n) is 14.3. The highest BCUT2D eigenvalue weighted by Gasteiger charge is 2.26. The molecule has 0 saturated carbocycles. The minimum atomic E-state index is 0.690. The minimum absolute atomic E-state index is 0.690. The first-order valence-electron chi connectivity index (χ1n) is 18.9. The fourth-order valence-corrected chi connectivity index (χ4v) is 8.77. The monoisotopic (exact) mass is 652 g/mol. The van der Waals surface area contributed by atoms with E-state index in [1.54, 1.807) is 0 Å². The van der Waals surface area contributed by atoms with Gasteiger partial charge < -0.3 is 4.74 Å². The van der Waals surface area contributed by atoms with Crippen molar-refractivity contribution in [3.8, 4) is 5.75 Å². The number of hydrogen-bond donors (Lipinski definition) is 0. The molecular formula is C47H44N2O. The van der Waals surface area contributed by atoms with Crippen LogP contribution >= 0.6 is 0 Å². The number of fused-ring (bicyclic) bond motifs is 10. The van der Waals surface area contributed by atoms with E-state index in [9.17, 15) is 0 Å². The first-order chi connectivity index (χ1) is 24.8. The Morgan fingerprint density at radius 2 is 0.860 bits per heavy atom. The summed E-state index contributed by atoms with van der Waals surface area (Å²) in [5.41, 5.74) is 5.33. The second kappa shape index (κ2) is 13.0. The van der Waals surface area contributed by atoms with Crippen molar-refractivity contribution in [3.05, 3.63) is 103 Å². The third-order valence-electron chi connectivity index (χ3n) is 11.1. The first kappa shape index (κ1) is 31.0. The minimum Gasteiger partial charge on any atom is -0.492 e. The van der Waals surface area contributed by atoms with E-state index in [1.165, 1.54) is 112 Å². The fourth-order valence-electron chi connectivity index (χ4n) is 8.77. The van der Waals surface area contributed by atoms with E-state index < -0.39 is 0 Å². The molecule has 0 aliphatic carbocycles. The summed E-state index contributed by atoms with van der Waals surface area (Å²) in [5, 5.41) is 14.4. The van der Waals surface area contributed by atoms with Crippen LogP contribution in [0, 0.1) is 6.92 Å². The van der Waals surface area contributed by atoms with E-state index in [0.29, 0.717) is 6.61 Å². The van der Waals surface area contributed by atoms with E-state index in [-0.39, 0.29) is 0 Å². The average Bonchev–Trinajstić information content (AvgIpc) is 3.16. The van der Waals surface area contributed by atoms with Crippen LogP contribution in [0.5, 0.6) is 5.75 Å². The van der Waals surface area contributed by atoms with Crippen molar-refractivity contribution >= 4 is 86.7 Å². The van der Waals surface area contributed by atoms with Gasteiger partial charge in [0.25, 0.3) is 0 Å². The maximum Gasteiger partial charge on any atom is 0.137 e. The molecule has 9 rings (SSSR count). The molecule has 0 atom stereocenters. The van der Waals surface area contributed by atoms with Crippen molar-refractivity contribution in [2.24, 2.45) is 0 Å². The van der Waals surface area contributed by atoms with Gasteiger partial charge in [-0.15, -0.1) is 0 Å². The number of para-hydroxylation sites is 2. The molecule has 0 fully saturated rings. The summed E-state index contributed by atoms with van der Waals surface area (Å²) < 4.78 is 7.03. The molecule has 3 heteroatoms. The molecular weight excluding hydrogens is 609 g/mol. The predicted molar refractivity (Wildman–Crippen MR) is 215 cm³/mol. The lowest BCUT2D eigenvalue weighted by molar-refractivity contribution is 0.311. The fraction of sp³-hybridized carbons (Fsp3) is 0.277. The number of rotatable bonds is 12. The van der Waals surface area contributed by atoms with Crippen LogP contribution in [-0.4, -0.2) is 16.6 Å². The molecule has 7 aromatic carbocycles. The lowest BCUT2D eigenvalue weighted by Gasteiger charge is -2.23. The Balaban J connectivity index is 1.30. The second-order valence-corrected chi connectivity index (χ2v) is 14.3. The molecule has 0 unspecified atom stereocenters. The highest BCUT2D eigenvalue weighted by atomic mass is 16.5. The van der Waals surface area contributed by atoms with Gasteiger partial charge in [-0.1, -0.05) is 150 Å². The summed E-state index contributed by atoms with van der Waals surface area (Å²) in [7, 11) is 0. The topological polar surface area (TPSA) is 35.0 Å². The predicted octanol–water partition coefficient (Wildman–Crippen LogP) is 13.7. The van der Waals surface area contributed by atoms with Gasteiger partial charge in [-0.05, 0) is 47.2 Å². The van der Waals surface area contributed by atoms with E-state index in [2.05, 4.69) is 111 Å². The first-order valence-corrected chi connectivity index (χ1v) is 18.9. The lowest BCUT2D eigenvalue weighted by Crippen LogP contribution is -2.02. The number of pyridine rings is 2. The summed E-state index contributed by atoms with van der Waals surface area (Å²) in [6.07, 6.45) is 13.0. The van der Waals surface area contributed by atoms with Crippen LogP contribution in [-0.2, 0) is 0 Å². The standard InChI is InChI=1S/C47H44N2O/c1-3-4-5-6-7-8-9-10-11-20-29-50-47-34-24-15-14-23-33(34)41-36-26-17-18-27-37(36)48-45-39-30(2)31-21-12-13-22-32(31)40-35-25-16-19-28-38(35)49-46(42(39)40)44(47)43(41)45/h12-19,21-28H,3-11,20,29H2,1-2H3. The lowest BCUT2D eigenvalue weighted by atomic mass is 9.85. The van der Waals surface area contributed by atoms with E-state index in [4.69, 9.17) is 14.7 Å². The molecule has 3 nitrogen and oxygen atoms in total. The van der Waals surface area contributed by atoms with Gasteiger partial charge in [0.2, 0.25) is 0 Å². The Hall–Kier alpha value is -5.02. The van der Waals surface area contributed by atoms with E-state index in [1.807, 2.05) is 0 Å². The summed E-state index contributed by atoms with van der Waals surface area (Å²) >= 11 is 0. The van der Waals surface area contributed by atoms with Gasteiger partial charge in [0.1, 0.15) is 5.75 Å². The quantitative estimate of drug-likeness (QED) is 0.0748. The van der Waals surface area contributed by atoms with E-state index >= 15 is 0 Å². The van der Waals surface area contributed by atoms with Gasteiger partial charge in [-0.25, -0.2) is 9.97 Å². The SMILES string of the molecule is CCCCCCCCCCCCOc1c2ccccc2c2c3ccccc3nc3c4c(C)c5ccccc5c5c6ccccc6nc(c1c32)c45. The maximum absolute atomic E-state index is 7.03. The number of aromatic nitrogens is 2. The molecule has 50 heavy (non-hydrogen) atoms. The summed E-state index contributed by atoms with van der Waals surface area (Å²) in [6, 6.07) is 35.0. The van der Waals surface area contributed by atoms with Crippen LogP contribution in [0.15, 0.2) is 97.1 Å². The summed E-state index contributed by atoms with van der Waals surface area (Å²) in [4.78, 5) is 11.1. The van der Waals surface area contributed by atoms with Gasteiger partial charge in [-0.3, -0.25) is 0 Å². The third kappa shape index (κ3) is 4.93. The Labute approximate surface area is 293 Å². The van der Waals surface area contributed by atoms with Crippen LogP contribution in [0.4, 0.5) is 0 Å². The van der Waals surface area contributed by atoms with Crippen molar-refractivity contribution in [1.82, 2.24) is 9.97 Å². The molecule has 0 amide bonds. The largest absolute Gasteiger partial charge is 0.492 e. The van der Waals surface area contributed by atoms with Gasteiger partial charge in [0.05, 0.1) is 34.1 Å². The zero-order valence-corrected chi connectivity index (χ0v) is 29.3. The molecule has 2 heterocycles. The van der Waals surface area contributed by atoms with Crippen molar-refractivity contribution in [3.63, 3.8) is 0 Å². The molecule has 2 aromatic heterocycles. The molecule has 9 aromatic rings. The van der Waals surface area contributed by atoms with Crippen molar-refractivity contribution in [1.29, 1.82) is 0 Å². The highest BCUT2D eigenvalue weighted by Crippen LogP contribution is 2.51. The summed E-state index contributed by atoms with van der Waals surface area (Å²) in [5.74, 6) is 0.947. The molecule has 0 aliphatic rings. The number of ether oxygens (including phenoxy) is 1. The zero-order chi connectivity index (χ0) is 33.6. The van der Waals surface area contributed by atoms with Crippen LogP contribution < -0.4 is 4.74 Å². The van der Waals surface area contributed by atoms with Gasteiger partial charge >= 0.3 is 0 Å². The zero-order valence-electron chi connectivity index (χ0n) is 29.3. The number of aryl methyl sites for hydroxylation is 1. The van der Waals surface area contributed by atoms with Crippen LogP contribution in [0.3, 0.4) is 0 Å². The molecule has 0 radical (unpaired) electrons. The van der Waals surface area contributed by atoms with Crippen LogP contribution in [0.25, 0.3) is 86.7 Å². The number of unbranched alkanes of at least 4 members (excludes halogenated alkanes) is 9. The Morgan fingerprint density at radius 1 is 0.420 bits per heavy atom.